The van der Waals surface area contributed by atoms with Gasteiger partial charge in [0, 0.05) is 16.8 Å². The first kappa shape index (κ1) is 12.7. The average molecular weight is 274 g/mol. The number of rotatable bonds is 3. The van der Waals surface area contributed by atoms with Crippen LogP contribution in [0.25, 0.3) is 10.7 Å². The zero-order valence-corrected chi connectivity index (χ0v) is 11.9. The van der Waals surface area contributed by atoms with Gasteiger partial charge in [0.25, 0.3) is 0 Å². The number of aromatic nitrogens is 3. The molecule has 4 nitrogen and oxygen atoms in total. The summed E-state index contributed by atoms with van der Waals surface area (Å²) >= 11 is 1.64. The molecule has 1 saturated heterocycles. The van der Waals surface area contributed by atoms with Crippen molar-refractivity contribution in [2.24, 2.45) is 5.92 Å². The highest BCUT2D eigenvalue weighted by molar-refractivity contribution is 7.13. The molecule has 0 spiro atoms. The minimum Gasteiger partial charge on any atom is -0.316 e. The van der Waals surface area contributed by atoms with E-state index < -0.39 is 0 Å². The summed E-state index contributed by atoms with van der Waals surface area (Å²) in [6.07, 6.45) is 5.27. The summed E-state index contributed by atoms with van der Waals surface area (Å²) < 4.78 is 0. The Bertz CT molecular complexity index is 546. The van der Waals surface area contributed by atoms with E-state index in [1.54, 1.807) is 17.7 Å². The van der Waals surface area contributed by atoms with Crippen molar-refractivity contribution in [2.45, 2.75) is 26.2 Å². The van der Waals surface area contributed by atoms with Gasteiger partial charge >= 0.3 is 0 Å². The van der Waals surface area contributed by atoms with Gasteiger partial charge in [-0.2, -0.15) is 0 Å². The van der Waals surface area contributed by atoms with E-state index in [4.69, 9.17) is 0 Å². The fraction of sp³-hybridized carbons (Fsp3) is 0.500. The molecular weight excluding hydrogens is 256 g/mol. The van der Waals surface area contributed by atoms with Crippen LogP contribution in [-0.2, 0) is 6.42 Å². The van der Waals surface area contributed by atoms with Crippen molar-refractivity contribution < 1.29 is 0 Å². The maximum Gasteiger partial charge on any atom is 0.142 e. The molecule has 5 heteroatoms. The van der Waals surface area contributed by atoms with Crippen molar-refractivity contribution in [1.82, 2.24) is 20.3 Å². The van der Waals surface area contributed by atoms with Crippen molar-refractivity contribution >= 4 is 11.3 Å². The van der Waals surface area contributed by atoms with E-state index in [9.17, 15) is 0 Å². The fourth-order valence-electron chi connectivity index (χ4n) is 2.49. The number of thiazole rings is 1. The lowest BCUT2D eigenvalue weighted by atomic mass is 9.94. The average Bonchev–Trinajstić information content (AvgIpc) is 2.87. The molecule has 0 radical (unpaired) electrons. The lowest BCUT2D eigenvalue weighted by molar-refractivity contribution is 0.373. The van der Waals surface area contributed by atoms with Crippen LogP contribution in [0.15, 0.2) is 17.8 Å². The Morgan fingerprint density at radius 3 is 3.11 bits per heavy atom. The quantitative estimate of drug-likeness (QED) is 0.934. The topological polar surface area (TPSA) is 50.7 Å². The minimum absolute atomic E-state index is 0.703. The van der Waals surface area contributed by atoms with Crippen molar-refractivity contribution in [3.8, 4) is 10.7 Å². The molecule has 0 unspecified atom stereocenters. The minimum atomic E-state index is 0.703. The highest BCUT2D eigenvalue weighted by atomic mass is 32.1. The van der Waals surface area contributed by atoms with Gasteiger partial charge in [0.05, 0.1) is 0 Å². The van der Waals surface area contributed by atoms with Crippen LogP contribution in [0.1, 0.15) is 24.2 Å². The van der Waals surface area contributed by atoms with E-state index in [1.165, 1.54) is 12.8 Å². The van der Waals surface area contributed by atoms with Gasteiger partial charge in [-0.25, -0.2) is 15.0 Å². The molecule has 0 bridgehead atoms. The Labute approximate surface area is 117 Å². The normalized spacial score (nSPS) is 19.5. The zero-order chi connectivity index (χ0) is 13.1. The molecule has 2 aromatic rings. The maximum atomic E-state index is 4.48. The first-order valence-corrected chi connectivity index (χ1v) is 7.63. The Morgan fingerprint density at radius 2 is 2.37 bits per heavy atom. The largest absolute Gasteiger partial charge is 0.316 e. The molecule has 0 aromatic carbocycles. The Morgan fingerprint density at radius 1 is 1.42 bits per heavy atom. The second kappa shape index (κ2) is 5.75. The van der Waals surface area contributed by atoms with E-state index in [2.05, 4.69) is 31.7 Å². The highest BCUT2D eigenvalue weighted by Crippen LogP contribution is 2.23. The molecule has 100 valence electrons. The molecule has 1 aliphatic rings. The molecule has 2 aromatic heterocycles. The van der Waals surface area contributed by atoms with Crippen molar-refractivity contribution in [3.63, 3.8) is 0 Å². The molecule has 1 aliphatic heterocycles. The second-order valence-electron chi connectivity index (χ2n) is 5.11. The van der Waals surface area contributed by atoms with Crippen LogP contribution in [-0.4, -0.2) is 28.0 Å². The molecule has 0 saturated carbocycles. The number of piperidine rings is 1. The zero-order valence-electron chi connectivity index (χ0n) is 11.1. The Hall–Kier alpha value is -1.33. The van der Waals surface area contributed by atoms with Gasteiger partial charge in [-0.1, -0.05) is 0 Å². The van der Waals surface area contributed by atoms with Crippen LogP contribution < -0.4 is 5.32 Å². The van der Waals surface area contributed by atoms with Crippen molar-refractivity contribution in [1.29, 1.82) is 0 Å². The molecule has 3 heterocycles. The molecule has 19 heavy (non-hydrogen) atoms. The lowest BCUT2D eigenvalue weighted by Gasteiger charge is -2.22. The van der Waals surface area contributed by atoms with E-state index in [0.717, 1.165) is 41.6 Å². The van der Waals surface area contributed by atoms with Gasteiger partial charge in [-0.3, -0.25) is 0 Å². The van der Waals surface area contributed by atoms with Gasteiger partial charge < -0.3 is 5.32 Å². The summed E-state index contributed by atoms with van der Waals surface area (Å²) in [7, 11) is 0. The highest BCUT2D eigenvalue weighted by Gasteiger charge is 2.15. The predicted molar refractivity (Wildman–Crippen MR) is 77.2 cm³/mol. The van der Waals surface area contributed by atoms with Gasteiger partial charge in [0.1, 0.15) is 17.0 Å². The number of nitrogens with zero attached hydrogens (tertiary/aromatic N) is 3. The molecule has 3 rings (SSSR count). The van der Waals surface area contributed by atoms with Crippen LogP contribution >= 0.6 is 11.3 Å². The summed E-state index contributed by atoms with van der Waals surface area (Å²) in [4.78, 5) is 13.2. The monoisotopic (exact) mass is 274 g/mol. The molecule has 1 atom stereocenters. The fourth-order valence-corrected chi connectivity index (χ4v) is 3.26. The summed E-state index contributed by atoms with van der Waals surface area (Å²) in [5.74, 6) is 0.703. The molecule has 1 fully saturated rings. The maximum absolute atomic E-state index is 4.48. The smallest absolute Gasteiger partial charge is 0.142 e. The standard InChI is InChI=1S/C14H18N4S/c1-10-8-19-14(18-10)13-6-12(16-9-17-13)5-11-3-2-4-15-7-11/h6,8-9,11,15H,2-5,7H2,1H3/t11-/m1/s1. The lowest BCUT2D eigenvalue weighted by Crippen LogP contribution is -2.31. The number of aryl methyl sites for hydroxylation is 1. The molecule has 1 N–H and O–H groups in total. The van der Waals surface area contributed by atoms with Gasteiger partial charge in [-0.05, 0) is 51.3 Å². The molecule has 0 aliphatic carbocycles. The van der Waals surface area contributed by atoms with Gasteiger partial charge in [-0.15, -0.1) is 11.3 Å². The molecular formula is C14H18N4S. The van der Waals surface area contributed by atoms with Crippen LogP contribution in [0.4, 0.5) is 0 Å². The second-order valence-corrected chi connectivity index (χ2v) is 5.96. The number of hydrogen-bond donors (Lipinski definition) is 1. The Kier molecular flexibility index (Phi) is 3.84. The van der Waals surface area contributed by atoms with E-state index in [-0.39, 0.29) is 0 Å². The van der Waals surface area contributed by atoms with Crippen LogP contribution in [0.3, 0.4) is 0 Å². The van der Waals surface area contributed by atoms with Crippen LogP contribution in [0, 0.1) is 12.8 Å². The summed E-state index contributed by atoms with van der Waals surface area (Å²) in [5, 5.41) is 6.50. The van der Waals surface area contributed by atoms with Gasteiger partial charge in [0.15, 0.2) is 0 Å². The first-order chi connectivity index (χ1) is 9.31. The van der Waals surface area contributed by atoms with Gasteiger partial charge in [0.2, 0.25) is 0 Å². The third kappa shape index (κ3) is 3.16. The number of nitrogens with one attached hydrogen (secondary N) is 1. The van der Waals surface area contributed by atoms with Crippen LogP contribution in [0.5, 0.6) is 0 Å². The van der Waals surface area contributed by atoms with Crippen LogP contribution in [0.2, 0.25) is 0 Å². The third-order valence-corrected chi connectivity index (χ3v) is 4.44. The molecule has 0 amide bonds. The van der Waals surface area contributed by atoms with E-state index >= 15 is 0 Å². The summed E-state index contributed by atoms with van der Waals surface area (Å²) in [6, 6.07) is 2.09. The summed E-state index contributed by atoms with van der Waals surface area (Å²) in [6.45, 7) is 4.27. The Balaban J connectivity index is 1.75. The predicted octanol–water partition coefficient (Wildman–Crippen LogP) is 2.45. The first-order valence-electron chi connectivity index (χ1n) is 6.75. The van der Waals surface area contributed by atoms with Crippen molar-refractivity contribution in [2.75, 3.05) is 13.1 Å². The van der Waals surface area contributed by atoms with E-state index in [0.29, 0.717) is 5.92 Å². The third-order valence-electron chi connectivity index (χ3n) is 3.46. The number of hydrogen-bond acceptors (Lipinski definition) is 5. The SMILES string of the molecule is Cc1csc(-c2cc(C[C@H]3CCCNC3)ncn2)n1. The van der Waals surface area contributed by atoms with Crippen molar-refractivity contribution in [3.05, 3.63) is 29.2 Å². The van der Waals surface area contributed by atoms with E-state index in [1.807, 2.05) is 6.92 Å². The summed E-state index contributed by atoms with van der Waals surface area (Å²) in [5.41, 5.74) is 3.13.